The Bertz CT molecular complexity index is 3730. The first-order valence-electron chi connectivity index (χ1n) is 21.4. The third kappa shape index (κ3) is 5.72. The molecule has 0 N–H and O–H groups in total. The van der Waals surface area contributed by atoms with Gasteiger partial charge in [0.05, 0.1) is 33.3 Å². The molecular weight excluding hydrogens is 783 g/mol. The summed E-state index contributed by atoms with van der Waals surface area (Å²) in [5.41, 5.74) is 13.2. The van der Waals surface area contributed by atoms with E-state index >= 15 is 0 Å². The van der Waals surface area contributed by atoms with Gasteiger partial charge in [0, 0.05) is 56.0 Å². The van der Waals surface area contributed by atoms with E-state index in [1.54, 1.807) is 0 Å². The third-order valence-corrected chi connectivity index (χ3v) is 12.4. The zero-order valence-electron chi connectivity index (χ0n) is 34.3. The molecule has 64 heavy (non-hydrogen) atoms. The predicted molar refractivity (Wildman–Crippen MR) is 260 cm³/mol. The Kier molecular flexibility index (Phi) is 8.08. The van der Waals surface area contributed by atoms with Gasteiger partial charge < -0.3 is 4.57 Å². The second-order valence-electron chi connectivity index (χ2n) is 16.1. The minimum atomic E-state index is 0.588. The van der Waals surface area contributed by atoms with E-state index in [1.807, 2.05) is 72.9 Å². The normalized spacial score (nSPS) is 12.0. The lowest BCUT2D eigenvalue weighted by Gasteiger charge is -2.32. The summed E-state index contributed by atoms with van der Waals surface area (Å²) >= 11 is 0. The number of anilines is 3. The standard InChI is InChI=1S/C57H35N7/c1-4-15-36(16-5-1)54-60-55(37-17-6-2-7-18-37)62-56(61-54)40-19-14-22-42(33-40)64-51-30-28-39(35-47(51)53-52-45(31-32-58-53)43-23-10-12-25-48(43)59-57(52)64)38-27-29-50-46(34-38)44-24-11-13-26-49(44)63(50)41-20-8-3-9-21-41/h1-35H. The Morgan fingerprint density at radius 2 is 0.953 bits per heavy atom. The Balaban J connectivity index is 1.00. The molecule has 5 heterocycles. The molecule has 0 saturated carbocycles. The minimum absolute atomic E-state index is 0.588. The summed E-state index contributed by atoms with van der Waals surface area (Å²) < 4.78 is 2.36. The number of benzene rings is 8. The van der Waals surface area contributed by atoms with E-state index < -0.39 is 0 Å². The molecule has 13 rings (SSSR count). The molecule has 298 valence electrons. The number of pyridine rings is 2. The van der Waals surface area contributed by atoms with Crippen molar-refractivity contribution < 1.29 is 0 Å². The predicted octanol–water partition coefficient (Wildman–Crippen LogP) is 14.2. The van der Waals surface area contributed by atoms with Crippen molar-refractivity contribution in [3.8, 4) is 62.2 Å². The molecule has 0 amide bonds. The van der Waals surface area contributed by atoms with E-state index in [0.717, 1.165) is 83.6 Å². The summed E-state index contributed by atoms with van der Waals surface area (Å²) in [6.45, 7) is 0. The van der Waals surface area contributed by atoms with Crippen LogP contribution < -0.4 is 4.90 Å². The van der Waals surface area contributed by atoms with Crippen LogP contribution in [0.5, 0.6) is 0 Å². The molecule has 8 aromatic carbocycles. The molecule has 0 radical (unpaired) electrons. The Hall–Kier alpha value is -8.81. The summed E-state index contributed by atoms with van der Waals surface area (Å²) in [7, 11) is 0. The van der Waals surface area contributed by atoms with Gasteiger partial charge in [-0.3, -0.25) is 9.88 Å². The number of fused-ring (bicyclic) bond motifs is 7. The first-order valence-corrected chi connectivity index (χ1v) is 21.4. The summed E-state index contributed by atoms with van der Waals surface area (Å²) in [6, 6.07) is 71.9. The monoisotopic (exact) mass is 817 g/mol. The Labute approximate surface area is 368 Å². The molecular formula is C57H35N7. The van der Waals surface area contributed by atoms with Crippen LogP contribution in [-0.4, -0.2) is 29.5 Å². The molecule has 0 atom stereocenters. The second kappa shape index (κ2) is 14.4. The quantitative estimate of drug-likeness (QED) is 0.156. The van der Waals surface area contributed by atoms with E-state index in [1.165, 1.54) is 21.8 Å². The SMILES string of the molecule is c1ccc(-c2nc(-c3ccccc3)nc(-c3cccc(N4c5ccc(-c6ccc7c(c6)c6ccccc6n7-c6ccccc6)cc5-c5nccc6c5c4nc4ccccc46)c3)n2)cc1. The van der Waals surface area contributed by atoms with E-state index in [-0.39, 0.29) is 0 Å². The van der Waals surface area contributed by atoms with Crippen molar-refractivity contribution in [1.29, 1.82) is 0 Å². The lowest BCUT2D eigenvalue weighted by Crippen LogP contribution is -2.17. The van der Waals surface area contributed by atoms with Gasteiger partial charge in [0.25, 0.3) is 0 Å². The van der Waals surface area contributed by atoms with Crippen LogP contribution in [0.1, 0.15) is 0 Å². The van der Waals surface area contributed by atoms with Crippen LogP contribution in [0, 0.1) is 0 Å². The number of rotatable bonds is 6. The van der Waals surface area contributed by atoms with Gasteiger partial charge in [-0.05, 0) is 83.2 Å². The van der Waals surface area contributed by atoms with E-state index in [0.29, 0.717) is 17.5 Å². The van der Waals surface area contributed by atoms with Gasteiger partial charge >= 0.3 is 0 Å². The van der Waals surface area contributed by atoms with Crippen LogP contribution in [-0.2, 0) is 0 Å². The number of nitrogens with zero attached hydrogens (tertiary/aromatic N) is 7. The summed E-state index contributed by atoms with van der Waals surface area (Å²) in [4.78, 5) is 27.9. The highest BCUT2D eigenvalue weighted by Gasteiger charge is 2.30. The maximum absolute atomic E-state index is 5.41. The smallest absolute Gasteiger partial charge is 0.164 e. The molecule has 1 aliphatic rings. The zero-order chi connectivity index (χ0) is 42.1. The fraction of sp³-hybridized carbons (Fsp3) is 0. The fourth-order valence-electron chi connectivity index (χ4n) is 9.45. The van der Waals surface area contributed by atoms with Crippen LogP contribution in [0.15, 0.2) is 212 Å². The van der Waals surface area contributed by atoms with Crippen LogP contribution in [0.3, 0.4) is 0 Å². The number of hydrogen-bond acceptors (Lipinski definition) is 6. The summed E-state index contributed by atoms with van der Waals surface area (Å²) in [5, 5.41) is 5.63. The van der Waals surface area contributed by atoms with Crippen molar-refractivity contribution in [2.75, 3.05) is 4.90 Å². The van der Waals surface area contributed by atoms with Crippen LogP contribution in [0.4, 0.5) is 17.2 Å². The van der Waals surface area contributed by atoms with Gasteiger partial charge in [0.15, 0.2) is 17.5 Å². The first-order chi connectivity index (χ1) is 31.7. The van der Waals surface area contributed by atoms with Crippen molar-refractivity contribution in [3.63, 3.8) is 0 Å². The fourth-order valence-corrected chi connectivity index (χ4v) is 9.45. The van der Waals surface area contributed by atoms with Gasteiger partial charge in [0.1, 0.15) is 5.82 Å². The molecule has 0 aliphatic carbocycles. The molecule has 7 nitrogen and oxygen atoms in total. The number of aromatic nitrogens is 6. The van der Waals surface area contributed by atoms with E-state index in [4.69, 9.17) is 24.9 Å². The maximum atomic E-state index is 5.41. The van der Waals surface area contributed by atoms with Crippen LogP contribution in [0.2, 0.25) is 0 Å². The molecule has 4 aromatic heterocycles. The van der Waals surface area contributed by atoms with Crippen molar-refractivity contribution >= 4 is 60.7 Å². The molecule has 12 aromatic rings. The van der Waals surface area contributed by atoms with Gasteiger partial charge in [-0.25, -0.2) is 19.9 Å². The zero-order valence-corrected chi connectivity index (χ0v) is 34.3. The highest BCUT2D eigenvalue weighted by Crippen LogP contribution is 2.52. The van der Waals surface area contributed by atoms with Crippen LogP contribution in [0.25, 0.3) is 106 Å². The topological polar surface area (TPSA) is 72.6 Å². The molecule has 0 saturated heterocycles. The largest absolute Gasteiger partial charge is 0.309 e. The van der Waals surface area contributed by atoms with Gasteiger partial charge in [-0.2, -0.15) is 0 Å². The molecule has 7 heteroatoms. The van der Waals surface area contributed by atoms with Crippen molar-refractivity contribution in [2.45, 2.75) is 0 Å². The highest BCUT2D eigenvalue weighted by atomic mass is 15.2. The highest BCUT2D eigenvalue weighted by molar-refractivity contribution is 6.19. The molecule has 0 fully saturated rings. The average molecular weight is 818 g/mol. The summed E-state index contributed by atoms with van der Waals surface area (Å²) in [5.74, 6) is 2.65. The number of para-hydroxylation sites is 3. The van der Waals surface area contributed by atoms with Crippen molar-refractivity contribution in [3.05, 3.63) is 212 Å². The van der Waals surface area contributed by atoms with Gasteiger partial charge in [-0.15, -0.1) is 0 Å². The molecule has 0 bridgehead atoms. The third-order valence-electron chi connectivity index (χ3n) is 12.4. The minimum Gasteiger partial charge on any atom is -0.309 e. The van der Waals surface area contributed by atoms with Crippen LogP contribution >= 0.6 is 0 Å². The lowest BCUT2D eigenvalue weighted by atomic mass is 9.92. The van der Waals surface area contributed by atoms with Crippen molar-refractivity contribution in [1.82, 2.24) is 29.5 Å². The van der Waals surface area contributed by atoms with Crippen molar-refractivity contribution in [2.24, 2.45) is 0 Å². The second-order valence-corrected chi connectivity index (χ2v) is 16.1. The first kappa shape index (κ1) is 35.9. The molecule has 1 aliphatic heterocycles. The Morgan fingerprint density at radius 1 is 0.359 bits per heavy atom. The molecule has 0 spiro atoms. The maximum Gasteiger partial charge on any atom is 0.164 e. The van der Waals surface area contributed by atoms with Gasteiger partial charge in [-0.1, -0.05) is 140 Å². The molecule has 0 unspecified atom stereocenters. The van der Waals surface area contributed by atoms with Gasteiger partial charge in [0.2, 0.25) is 0 Å². The number of hydrogen-bond donors (Lipinski definition) is 0. The van der Waals surface area contributed by atoms with E-state index in [9.17, 15) is 0 Å². The average Bonchev–Trinajstić information content (AvgIpc) is 3.71. The van der Waals surface area contributed by atoms with E-state index in [2.05, 4.69) is 149 Å². The lowest BCUT2D eigenvalue weighted by molar-refractivity contribution is 1.07. The Morgan fingerprint density at radius 3 is 1.72 bits per heavy atom. The summed E-state index contributed by atoms with van der Waals surface area (Å²) in [6.07, 6.45) is 1.93.